The van der Waals surface area contributed by atoms with Crippen molar-refractivity contribution in [2.45, 2.75) is 148 Å². The van der Waals surface area contributed by atoms with E-state index < -0.39 is 47.9 Å². The topological polar surface area (TPSA) is 107 Å². The van der Waals surface area contributed by atoms with Gasteiger partial charge in [-0.15, -0.1) is 0 Å². The van der Waals surface area contributed by atoms with Crippen LogP contribution in [0.15, 0.2) is 30.3 Å². The number of likely N-dealkylation sites (tertiary alicyclic amines) is 1. The van der Waals surface area contributed by atoms with E-state index in [1.165, 1.54) is 38.6 Å². The number of ketones is 1. The van der Waals surface area contributed by atoms with E-state index in [0.717, 1.165) is 38.9 Å². The Hall–Kier alpha value is -2.41. The average molecular weight is 786 g/mol. The third-order valence-corrected chi connectivity index (χ3v) is 12.8. The first-order valence-electron chi connectivity index (χ1n) is 21.6. The standard InChI is InChI=1S/C45H75N3O8/c1-11-12-13-14-18-23-48-24-21-35(22-25-48)27-37-30-53-42(50)34(5)39(49)33(4)41(45(6,52-10)28-31(2)29-47(37)9)56-44-40(38(46(7)8)26-32(3)54-44)55-43(51)36-19-16-15-17-20-36/h15-17,19-20,31-35,37-38,40-41,44H,11-14,18,21-30H2,1-10H3/t31-,32-,33+,34-,37-,38+,40-,41-,44+,45-/m1/s1. The van der Waals surface area contributed by atoms with Gasteiger partial charge in [0.2, 0.25) is 0 Å². The van der Waals surface area contributed by atoms with Crippen LogP contribution in [0.4, 0.5) is 0 Å². The largest absolute Gasteiger partial charge is 0.463 e. The average Bonchev–Trinajstić information content (AvgIpc) is 3.18. The summed E-state index contributed by atoms with van der Waals surface area (Å²) >= 11 is 0. The number of nitrogens with zero attached hydrogens (tertiary/aromatic N) is 3. The Morgan fingerprint density at radius 2 is 1.68 bits per heavy atom. The Morgan fingerprint density at radius 3 is 2.32 bits per heavy atom. The number of hydrogen-bond donors (Lipinski definition) is 0. The van der Waals surface area contributed by atoms with E-state index in [4.69, 9.17) is 23.7 Å². The number of cyclic esters (lactones) is 1. The number of carbonyl (C=O) groups excluding carboxylic acids is 3. The number of hydrogen-bond acceptors (Lipinski definition) is 11. The summed E-state index contributed by atoms with van der Waals surface area (Å²) in [4.78, 5) is 48.4. The zero-order chi connectivity index (χ0) is 41.0. The summed E-state index contributed by atoms with van der Waals surface area (Å²) < 4.78 is 32.0. The molecular weight excluding hydrogens is 711 g/mol. The number of piperidine rings is 1. The molecule has 0 unspecified atom stereocenters. The van der Waals surface area contributed by atoms with Crippen molar-refractivity contribution < 1.29 is 38.1 Å². The van der Waals surface area contributed by atoms with Gasteiger partial charge in [0.15, 0.2) is 18.2 Å². The second-order valence-electron chi connectivity index (χ2n) is 17.8. The number of rotatable bonds is 14. The highest BCUT2D eigenvalue weighted by Gasteiger charge is 2.50. The van der Waals surface area contributed by atoms with Crippen molar-refractivity contribution >= 4 is 17.7 Å². The first-order chi connectivity index (χ1) is 26.7. The molecule has 11 nitrogen and oxygen atoms in total. The zero-order valence-corrected chi connectivity index (χ0v) is 36.4. The normalized spacial score (nSPS) is 33.7. The van der Waals surface area contributed by atoms with Gasteiger partial charge in [0.25, 0.3) is 0 Å². The van der Waals surface area contributed by atoms with Crippen LogP contribution in [-0.4, -0.2) is 136 Å². The van der Waals surface area contributed by atoms with Crippen molar-refractivity contribution in [2.24, 2.45) is 23.7 Å². The van der Waals surface area contributed by atoms with Crippen LogP contribution in [0.25, 0.3) is 0 Å². The van der Waals surface area contributed by atoms with Gasteiger partial charge >= 0.3 is 11.9 Å². The molecule has 56 heavy (non-hydrogen) atoms. The van der Waals surface area contributed by atoms with Crippen molar-refractivity contribution in [3.05, 3.63) is 35.9 Å². The SMILES string of the molecule is CCCCCCCN1CCC(C[C@@H]2COC(=O)[C@H](C)C(=O)[C@H](C)[C@@H](O[C@@H]3O[C@H](C)C[C@H](N(C)C)[C@H]3OC(=O)c3ccccc3)[C@](C)(OC)C[C@@H](C)CN2C)CC1. The molecule has 0 N–H and O–H groups in total. The number of esters is 2. The molecule has 1 aromatic rings. The van der Waals surface area contributed by atoms with Gasteiger partial charge in [0.1, 0.15) is 12.5 Å². The minimum absolute atomic E-state index is 0.0356. The molecule has 1 aromatic carbocycles. The monoisotopic (exact) mass is 786 g/mol. The van der Waals surface area contributed by atoms with Crippen LogP contribution in [0.3, 0.4) is 0 Å². The quantitative estimate of drug-likeness (QED) is 0.112. The zero-order valence-electron chi connectivity index (χ0n) is 36.4. The van der Waals surface area contributed by atoms with E-state index in [-0.39, 0.29) is 36.5 Å². The van der Waals surface area contributed by atoms with Crippen LogP contribution < -0.4 is 0 Å². The van der Waals surface area contributed by atoms with E-state index in [1.807, 2.05) is 38.9 Å². The molecule has 0 spiro atoms. The third-order valence-electron chi connectivity index (χ3n) is 12.8. The lowest BCUT2D eigenvalue weighted by molar-refractivity contribution is -0.294. The summed E-state index contributed by atoms with van der Waals surface area (Å²) in [6.07, 6.45) is 8.10. The molecule has 0 aromatic heterocycles. The minimum Gasteiger partial charge on any atom is -0.463 e. The summed E-state index contributed by atoms with van der Waals surface area (Å²) in [6, 6.07) is 8.70. The summed E-state index contributed by atoms with van der Waals surface area (Å²) in [5, 5.41) is 0. The fourth-order valence-electron chi connectivity index (χ4n) is 9.29. The fraction of sp³-hybridized carbons (Fsp3) is 0.800. The molecule has 0 amide bonds. The highest BCUT2D eigenvalue weighted by molar-refractivity contribution is 6.00. The van der Waals surface area contributed by atoms with Gasteiger partial charge in [-0.05, 0) is 124 Å². The lowest BCUT2D eigenvalue weighted by Crippen LogP contribution is -2.60. The first kappa shape index (κ1) is 46.3. The molecule has 3 heterocycles. The van der Waals surface area contributed by atoms with E-state index in [0.29, 0.717) is 24.3 Å². The van der Waals surface area contributed by atoms with Gasteiger partial charge in [-0.3, -0.25) is 14.5 Å². The summed E-state index contributed by atoms with van der Waals surface area (Å²) in [6.45, 7) is 16.3. The van der Waals surface area contributed by atoms with Crippen LogP contribution in [0.2, 0.25) is 0 Å². The van der Waals surface area contributed by atoms with Crippen molar-refractivity contribution in [1.82, 2.24) is 14.7 Å². The molecule has 0 radical (unpaired) electrons. The highest BCUT2D eigenvalue weighted by Crippen LogP contribution is 2.37. The van der Waals surface area contributed by atoms with Crippen molar-refractivity contribution in [1.29, 1.82) is 0 Å². The van der Waals surface area contributed by atoms with Crippen LogP contribution in [0, 0.1) is 23.7 Å². The highest BCUT2D eigenvalue weighted by atomic mass is 16.7. The van der Waals surface area contributed by atoms with Gasteiger partial charge in [0.05, 0.1) is 29.4 Å². The second kappa shape index (κ2) is 22.1. The summed E-state index contributed by atoms with van der Waals surface area (Å²) in [7, 11) is 7.68. The molecule has 3 aliphatic rings. The molecule has 0 bridgehead atoms. The summed E-state index contributed by atoms with van der Waals surface area (Å²) in [5.74, 6) is -2.37. The third kappa shape index (κ3) is 12.8. The smallest absolute Gasteiger partial charge is 0.338 e. The first-order valence-corrected chi connectivity index (χ1v) is 21.6. The Labute approximate surface area is 338 Å². The van der Waals surface area contributed by atoms with Gasteiger partial charge in [0, 0.05) is 25.6 Å². The molecule has 3 saturated heterocycles. The van der Waals surface area contributed by atoms with Gasteiger partial charge in [-0.25, -0.2) is 4.79 Å². The Bertz CT molecular complexity index is 1360. The maximum Gasteiger partial charge on any atom is 0.338 e. The van der Waals surface area contributed by atoms with Gasteiger partial charge in [-0.1, -0.05) is 64.7 Å². The maximum atomic E-state index is 14.3. The van der Waals surface area contributed by atoms with Crippen LogP contribution in [0.1, 0.15) is 116 Å². The minimum atomic E-state index is -1.01. The Kier molecular flexibility index (Phi) is 18.3. The van der Waals surface area contributed by atoms with Crippen molar-refractivity contribution in [3.8, 4) is 0 Å². The van der Waals surface area contributed by atoms with Crippen LogP contribution in [-0.2, 0) is 33.3 Å². The molecule has 3 fully saturated rings. The molecule has 3 aliphatic heterocycles. The van der Waals surface area contributed by atoms with E-state index in [2.05, 4.69) is 30.7 Å². The lowest BCUT2D eigenvalue weighted by atomic mass is 9.78. The number of likely N-dealkylation sites (N-methyl/N-ethyl adjacent to an activating group) is 2. The number of Topliss-reactive ketones (excluding diaryl/α,β-unsaturated/α-hetero) is 1. The lowest BCUT2D eigenvalue weighted by Gasteiger charge is -2.47. The molecule has 318 valence electrons. The van der Waals surface area contributed by atoms with Crippen LogP contribution >= 0.6 is 0 Å². The van der Waals surface area contributed by atoms with E-state index in [1.54, 1.807) is 45.2 Å². The molecule has 4 rings (SSSR count). The molecule has 10 atom stereocenters. The van der Waals surface area contributed by atoms with Gasteiger partial charge < -0.3 is 33.5 Å². The molecule has 11 heteroatoms. The molecule has 0 saturated carbocycles. The van der Waals surface area contributed by atoms with Crippen molar-refractivity contribution in [3.63, 3.8) is 0 Å². The van der Waals surface area contributed by atoms with Crippen LogP contribution in [0.5, 0.6) is 0 Å². The Morgan fingerprint density at radius 1 is 1.00 bits per heavy atom. The number of unbranched alkanes of at least 4 members (excludes halogenated alkanes) is 4. The van der Waals surface area contributed by atoms with E-state index >= 15 is 0 Å². The maximum absolute atomic E-state index is 14.3. The second-order valence-corrected chi connectivity index (χ2v) is 17.8. The molecule has 0 aliphatic carbocycles. The predicted octanol–water partition coefficient (Wildman–Crippen LogP) is 6.86. The van der Waals surface area contributed by atoms with Gasteiger partial charge in [-0.2, -0.15) is 0 Å². The number of carbonyl (C=O) groups is 3. The molecular formula is C45H75N3O8. The fourth-order valence-corrected chi connectivity index (χ4v) is 9.29. The van der Waals surface area contributed by atoms with Crippen molar-refractivity contribution in [2.75, 3.05) is 61.0 Å². The number of benzene rings is 1. The number of ether oxygens (including phenoxy) is 5. The Balaban J connectivity index is 1.54. The number of methoxy groups -OCH3 is 1. The van der Waals surface area contributed by atoms with E-state index in [9.17, 15) is 14.4 Å². The predicted molar refractivity (Wildman–Crippen MR) is 219 cm³/mol. The summed E-state index contributed by atoms with van der Waals surface area (Å²) in [5.41, 5.74) is -0.533.